The van der Waals surface area contributed by atoms with Gasteiger partial charge in [-0.15, -0.1) is 0 Å². The topological polar surface area (TPSA) is 79.0 Å². The fourth-order valence-corrected chi connectivity index (χ4v) is 3.02. The highest BCUT2D eigenvalue weighted by atomic mass is 16.5. The van der Waals surface area contributed by atoms with E-state index in [1.807, 2.05) is 25.1 Å². The van der Waals surface area contributed by atoms with Gasteiger partial charge in [0.15, 0.2) is 0 Å². The Labute approximate surface area is 135 Å². The van der Waals surface area contributed by atoms with Crippen LogP contribution in [0.25, 0.3) is 0 Å². The molecule has 0 spiro atoms. The molecule has 1 aromatic heterocycles. The normalized spacial score (nSPS) is 17.2. The van der Waals surface area contributed by atoms with Crippen molar-refractivity contribution in [2.75, 3.05) is 25.5 Å². The van der Waals surface area contributed by atoms with Crippen molar-refractivity contribution in [2.45, 2.75) is 25.7 Å². The maximum absolute atomic E-state index is 12.4. The first-order chi connectivity index (χ1) is 11.2. The second kappa shape index (κ2) is 6.83. The minimum absolute atomic E-state index is 0.0671. The fraction of sp³-hybridized carbons (Fsp3) is 0.412. The first kappa shape index (κ1) is 15.6. The Kier molecular flexibility index (Phi) is 4.62. The van der Waals surface area contributed by atoms with Crippen LogP contribution in [-0.4, -0.2) is 36.3 Å². The van der Waals surface area contributed by atoms with Gasteiger partial charge in [0.1, 0.15) is 5.75 Å². The summed E-state index contributed by atoms with van der Waals surface area (Å²) in [4.78, 5) is 12.4. The van der Waals surface area contributed by atoms with E-state index in [2.05, 4.69) is 20.8 Å². The van der Waals surface area contributed by atoms with E-state index in [1.54, 1.807) is 13.3 Å². The molecule has 6 nitrogen and oxygen atoms in total. The van der Waals surface area contributed by atoms with Gasteiger partial charge in [-0.25, -0.2) is 0 Å². The van der Waals surface area contributed by atoms with E-state index in [0.29, 0.717) is 5.92 Å². The minimum atomic E-state index is -0.0671. The lowest BCUT2D eigenvalue weighted by Crippen LogP contribution is -2.17. The Morgan fingerprint density at radius 1 is 1.48 bits per heavy atom. The lowest BCUT2D eigenvalue weighted by atomic mass is 10.0. The monoisotopic (exact) mass is 314 g/mol. The third-order valence-corrected chi connectivity index (χ3v) is 4.20. The van der Waals surface area contributed by atoms with Crippen molar-refractivity contribution in [1.82, 2.24) is 15.5 Å². The maximum Gasteiger partial charge on any atom is 0.229 e. The summed E-state index contributed by atoms with van der Waals surface area (Å²) < 4.78 is 5.33. The number of benzene rings is 1. The van der Waals surface area contributed by atoms with Crippen LogP contribution in [0.4, 0.5) is 5.69 Å². The molecule has 0 radical (unpaired) electrons. The molecule has 1 fully saturated rings. The number of ether oxygens (including phenoxy) is 1. The number of carbonyl (C=O) groups excluding carboxylic acids is 1. The molecule has 0 saturated carbocycles. The van der Waals surface area contributed by atoms with Gasteiger partial charge in [0.25, 0.3) is 0 Å². The van der Waals surface area contributed by atoms with Gasteiger partial charge in [-0.2, -0.15) is 5.10 Å². The molecule has 3 rings (SSSR count). The van der Waals surface area contributed by atoms with Crippen LogP contribution in [0.5, 0.6) is 5.75 Å². The summed E-state index contributed by atoms with van der Waals surface area (Å²) in [5.74, 6) is 1.04. The molecule has 0 bridgehead atoms. The Morgan fingerprint density at radius 2 is 2.35 bits per heavy atom. The average Bonchev–Trinajstić information content (AvgIpc) is 3.18. The Balaban J connectivity index is 1.71. The van der Waals surface area contributed by atoms with Gasteiger partial charge < -0.3 is 15.4 Å². The number of aromatic nitrogens is 2. The van der Waals surface area contributed by atoms with Crippen molar-refractivity contribution in [3.8, 4) is 5.75 Å². The maximum atomic E-state index is 12.4. The highest BCUT2D eigenvalue weighted by molar-refractivity contribution is 5.93. The van der Waals surface area contributed by atoms with Crippen LogP contribution in [0.3, 0.4) is 0 Å². The molecule has 122 valence electrons. The first-order valence-corrected chi connectivity index (χ1v) is 7.84. The molecule has 1 atom stereocenters. The Hall–Kier alpha value is -2.34. The molecular formula is C17H22N4O2. The van der Waals surface area contributed by atoms with Crippen molar-refractivity contribution >= 4 is 11.6 Å². The van der Waals surface area contributed by atoms with Gasteiger partial charge in [0.05, 0.1) is 31.1 Å². The summed E-state index contributed by atoms with van der Waals surface area (Å²) in [5.41, 5.74) is 3.77. The van der Waals surface area contributed by atoms with Crippen molar-refractivity contribution < 1.29 is 9.53 Å². The van der Waals surface area contributed by atoms with Crippen LogP contribution in [0.1, 0.15) is 29.2 Å². The molecule has 1 aliphatic rings. The average molecular weight is 314 g/mol. The highest BCUT2D eigenvalue weighted by Crippen LogP contribution is 2.27. The standard InChI is InChI=1S/C17H22N4O2/c1-11-3-4-15(23-2)13(7-11)8-16(22)20-14-10-19-21-17(14)12-5-6-18-9-12/h3-4,7,10,12,18H,5-6,8-9H2,1-2H3,(H,19,21)(H,20,22). The molecule has 2 heterocycles. The quantitative estimate of drug-likeness (QED) is 0.788. The molecule has 1 saturated heterocycles. The van der Waals surface area contributed by atoms with E-state index >= 15 is 0 Å². The lowest BCUT2D eigenvalue weighted by Gasteiger charge is -2.12. The molecule has 0 aliphatic carbocycles. The van der Waals surface area contributed by atoms with Gasteiger partial charge >= 0.3 is 0 Å². The number of nitrogens with zero attached hydrogens (tertiary/aromatic N) is 1. The zero-order valence-electron chi connectivity index (χ0n) is 13.5. The number of hydrogen-bond donors (Lipinski definition) is 3. The van der Waals surface area contributed by atoms with E-state index in [-0.39, 0.29) is 12.3 Å². The summed E-state index contributed by atoms with van der Waals surface area (Å²) in [6, 6.07) is 5.85. The van der Waals surface area contributed by atoms with E-state index in [9.17, 15) is 4.79 Å². The SMILES string of the molecule is COc1ccc(C)cc1CC(=O)Nc1cn[nH]c1C1CCNC1. The highest BCUT2D eigenvalue weighted by Gasteiger charge is 2.22. The number of aromatic amines is 1. The molecule has 3 N–H and O–H groups in total. The van der Waals surface area contributed by atoms with Crippen LogP contribution in [0.2, 0.25) is 0 Å². The molecule has 1 amide bonds. The molecular weight excluding hydrogens is 292 g/mol. The van der Waals surface area contributed by atoms with E-state index in [4.69, 9.17) is 4.74 Å². The Morgan fingerprint density at radius 3 is 3.09 bits per heavy atom. The van der Waals surface area contributed by atoms with Gasteiger partial charge in [0, 0.05) is 18.0 Å². The lowest BCUT2D eigenvalue weighted by molar-refractivity contribution is -0.115. The van der Waals surface area contributed by atoms with Gasteiger partial charge in [-0.05, 0) is 26.0 Å². The summed E-state index contributed by atoms with van der Waals surface area (Å²) in [7, 11) is 1.62. The third-order valence-electron chi connectivity index (χ3n) is 4.20. The number of H-pyrrole nitrogens is 1. The minimum Gasteiger partial charge on any atom is -0.496 e. The molecule has 6 heteroatoms. The van der Waals surface area contributed by atoms with E-state index in [0.717, 1.165) is 47.8 Å². The Bertz CT molecular complexity index is 690. The van der Waals surface area contributed by atoms with Crippen LogP contribution in [-0.2, 0) is 11.2 Å². The number of nitrogens with one attached hydrogen (secondary N) is 3. The number of carbonyl (C=O) groups is 1. The van der Waals surface area contributed by atoms with Gasteiger partial charge in [-0.3, -0.25) is 9.89 Å². The zero-order valence-corrected chi connectivity index (χ0v) is 13.5. The number of aryl methyl sites for hydroxylation is 1. The second-order valence-corrected chi connectivity index (χ2v) is 5.93. The summed E-state index contributed by atoms with van der Waals surface area (Å²) >= 11 is 0. The summed E-state index contributed by atoms with van der Waals surface area (Å²) in [5, 5.41) is 13.4. The van der Waals surface area contributed by atoms with Crippen LogP contribution in [0.15, 0.2) is 24.4 Å². The predicted molar refractivity (Wildman–Crippen MR) is 88.9 cm³/mol. The van der Waals surface area contributed by atoms with Crippen LogP contribution in [0, 0.1) is 6.92 Å². The molecule has 23 heavy (non-hydrogen) atoms. The van der Waals surface area contributed by atoms with Crippen molar-refractivity contribution in [2.24, 2.45) is 0 Å². The van der Waals surface area contributed by atoms with Gasteiger partial charge in [0.2, 0.25) is 5.91 Å². The number of amides is 1. The first-order valence-electron chi connectivity index (χ1n) is 7.84. The third kappa shape index (κ3) is 3.53. The number of anilines is 1. The second-order valence-electron chi connectivity index (χ2n) is 5.93. The van der Waals surface area contributed by atoms with Crippen LogP contribution >= 0.6 is 0 Å². The fourth-order valence-electron chi connectivity index (χ4n) is 3.02. The smallest absolute Gasteiger partial charge is 0.229 e. The largest absolute Gasteiger partial charge is 0.496 e. The molecule has 2 aromatic rings. The van der Waals surface area contributed by atoms with Crippen molar-refractivity contribution in [3.63, 3.8) is 0 Å². The molecule has 1 unspecified atom stereocenters. The number of hydrogen-bond acceptors (Lipinski definition) is 4. The van der Waals surface area contributed by atoms with E-state index in [1.165, 1.54) is 0 Å². The number of methoxy groups -OCH3 is 1. The van der Waals surface area contributed by atoms with Gasteiger partial charge in [-0.1, -0.05) is 17.7 Å². The van der Waals surface area contributed by atoms with Crippen LogP contribution < -0.4 is 15.4 Å². The molecule has 1 aliphatic heterocycles. The molecule has 1 aromatic carbocycles. The number of rotatable bonds is 5. The van der Waals surface area contributed by atoms with E-state index < -0.39 is 0 Å². The zero-order chi connectivity index (χ0) is 16.2. The van der Waals surface area contributed by atoms with Crippen molar-refractivity contribution in [1.29, 1.82) is 0 Å². The van der Waals surface area contributed by atoms with Crippen molar-refractivity contribution in [3.05, 3.63) is 41.2 Å². The summed E-state index contributed by atoms with van der Waals surface area (Å²) in [6.45, 7) is 3.91. The summed E-state index contributed by atoms with van der Waals surface area (Å²) in [6.07, 6.45) is 3.01. The predicted octanol–water partition coefficient (Wildman–Crippen LogP) is 1.98.